The van der Waals surface area contributed by atoms with Crippen LogP contribution < -0.4 is 16.9 Å². The van der Waals surface area contributed by atoms with E-state index in [1.807, 2.05) is 20.8 Å². The smallest absolute Gasteiger partial charge is 0.410 e. The molecule has 0 aromatic rings. The average Bonchev–Trinajstić information content (AvgIpc) is 3.08. The molecule has 2 rings (SSSR count). The van der Waals surface area contributed by atoms with Gasteiger partial charge in [0, 0.05) is 31.0 Å². The minimum Gasteiger partial charge on any atom is -0.444 e. The molecule has 0 aromatic carbocycles. The van der Waals surface area contributed by atoms with E-state index in [1.165, 1.54) is 24.1 Å². The summed E-state index contributed by atoms with van der Waals surface area (Å²) in [6.45, 7) is 6.83. The van der Waals surface area contributed by atoms with E-state index in [1.54, 1.807) is 11.1 Å². The molecule has 2 atom stereocenters. The molecular weight excluding hydrogens is 282 g/mol. The van der Waals surface area contributed by atoms with Gasteiger partial charge in [-0.3, -0.25) is 0 Å². The molecule has 7 nitrogen and oxygen atoms in total. The zero-order valence-electron chi connectivity index (χ0n) is 13.8. The van der Waals surface area contributed by atoms with Crippen LogP contribution in [0.15, 0.2) is 12.4 Å². The third-order valence-electron chi connectivity index (χ3n) is 3.79. The fourth-order valence-corrected chi connectivity index (χ4v) is 2.75. The van der Waals surface area contributed by atoms with E-state index in [4.69, 9.17) is 16.3 Å². The number of ether oxygens (including phenoxy) is 1. The van der Waals surface area contributed by atoms with Crippen LogP contribution in [0.1, 0.15) is 40.0 Å². The SMILES string of the molecule is CC(C)(C)OC(=O)N1C[C@H](NC2CC2)C[C@H]1CN(N)/C=C\N. The Bertz CT molecular complexity index is 417. The van der Waals surface area contributed by atoms with Gasteiger partial charge < -0.3 is 25.7 Å². The van der Waals surface area contributed by atoms with Crippen LogP contribution in [0.4, 0.5) is 4.79 Å². The highest BCUT2D eigenvalue weighted by Crippen LogP contribution is 2.26. The Kier molecular flexibility index (Phi) is 5.18. The van der Waals surface area contributed by atoms with Crippen molar-refractivity contribution >= 4 is 6.09 Å². The van der Waals surface area contributed by atoms with Gasteiger partial charge in [0.25, 0.3) is 0 Å². The lowest BCUT2D eigenvalue weighted by atomic mass is 10.1. The predicted molar refractivity (Wildman–Crippen MR) is 85.5 cm³/mol. The molecule has 1 saturated carbocycles. The Morgan fingerprint density at radius 2 is 2.09 bits per heavy atom. The molecule has 22 heavy (non-hydrogen) atoms. The number of carbonyl (C=O) groups is 1. The second-order valence-corrected chi connectivity index (χ2v) is 7.20. The Morgan fingerprint density at radius 1 is 1.41 bits per heavy atom. The molecule has 1 aliphatic heterocycles. The normalized spacial score (nSPS) is 25.7. The first-order valence-corrected chi connectivity index (χ1v) is 7.94. The summed E-state index contributed by atoms with van der Waals surface area (Å²) in [5.41, 5.74) is 4.87. The number of hydrogen-bond acceptors (Lipinski definition) is 6. The first kappa shape index (κ1) is 16.9. The Balaban J connectivity index is 1.99. The maximum absolute atomic E-state index is 12.4. The van der Waals surface area contributed by atoms with E-state index in [9.17, 15) is 4.79 Å². The average molecular weight is 311 g/mol. The summed E-state index contributed by atoms with van der Waals surface area (Å²) in [4.78, 5) is 14.2. The third-order valence-corrected chi connectivity index (χ3v) is 3.79. The number of nitrogens with one attached hydrogen (secondary N) is 1. The molecule has 5 N–H and O–H groups in total. The molecule has 0 spiro atoms. The van der Waals surface area contributed by atoms with Crippen LogP contribution in [0.25, 0.3) is 0 Å². The van der Waals surface area contributed by atoms with Crippen molar-refractivity contribution < 1.29 is 9.53 Å². The van der Waals surface area contributed by atoms with Gasteiger partial charge in [-0.1, -0.05) is 0 Å². The van der Waals surface area contributed by atoms with Gasteiger partial charge in [-0.25, -0.2) is 10.6 Å². The lowest BCUT2D eigenvalue weighted by Gasteiger charge is -2.30. The van der Waals surface area contributed by atoms with Crippen molar-refractivity contribution in [3.8, 4) is 0 Å². The highest BCUT2D eigenvalue weighted by Gasteiger charge is 2.39. The zero-order valence-corrected chi connectivity index (χ0v) is 13.8. The Hall–Kier alpha value is -1.47. The second kappa shape index (κ2) is 6.75. The minimum atomic E-state index is -0.497. The lowest BCUT2D eigenvalue weighted by Crippen LogP contribution is -2.46. The van der Waals surface area contributed by atoms with E-state index in [-0.39, 0.29) is 12.1 Å². The van der Waals surface area contributed by atoms with Gasteiger partial charge in [-0.2, -0.15) is 0 Å². The number of hydrogen-bond donors (Lipinski definition) is 3. The number of nitrogens with zero attached hydrogens (tertiary/aromatic N) is 2. The van der Waals surface area contributed by atoms with E-state index in [0.29, 0.717) is 25.2 Å². The molecule has 1 heterocycles. The van der Waals surface area contributed by atoms with Crippen molar-refractivity contribution in [2.75, 3.05) is 13.1 Å². The summed E-state index contributed by atoms with van der Waals surface area (Å²) in [6.07, 6.45) is 6.06. The van der Waals surface area contributed by atoms with Crippen LogP contribution in [-0.2, 0) is 4.74 Å². The molecule has 2 aliphatic rings. The lowest BCUT2D eigenvalue weighted by molar-refractivity contribution is 0.0205. The molecule has 7 heteroatoms. The molecule has 1 amide bonds. The summed E-state index contributed by atoms with van der Waals surface area (Å²) in [7, 11) is 0. The van der Waals surface area contributed by atoms with E-state index in [2.05, 4.69) is 5.32 Å². The van der Waals surface area contributed by atoms with E-state index in [0.717, 1.165) is 6.42 Å². The van der Waals surface area contributed by atoms with Crippen molar-refractivity contribution in [3.05, 3.63) is 12.4 Å². The Labute approximate surface area is 132 Å². The minimum absolute atomic E-state index is 0.0206. The molecular formula is C15H29N5O2. The maximum atomic E-state index is 12.4. The van der Waals surface area contributed by atoms with Gasteiger partial charge in [0.15, 0.2) is 0 Å². The summed E-state index contributed by atoms with van der Waals surface area (Å²) in [5.74, 6) is 5.88. The Morgan fingerprint density at radius 3 is 2.64 bits per heavy atom. The summed E-state index contributed by atoms with van der Waals surface area (Å²) in [6, 6.07) is 0.940. The van der Waals surface area contributed by atoms with E-state index >= 15 is 0 Å². The van der Waals surface area contributed by atoms with Crippen LogP contribution in [0.2, 0.25) is 0 Å². The van der Waals surface area contributed by atoms with Crippen molar-refractivity contribution in [2.45, 2.75) is 63.8 Å². The summed E-state index contributed by atoms with van der Waals surface area (Å²) < 4.78 is 5.52. The second-order valence-electron chi connectivity index (χ2n) is 7.20. The number of hydrazine groups is 1. The van der Waals surface area contributed by atoms with Crippen molar-refractivity contribution in [1.29, 1.82) is 0 Å². The quantitative estimate of drug-likeness (QED) is 0.511. The predicted octanol–water partition coefficient (Wildman–Crippen LogP) is 0.722. The number of nitrogens with two attached hydrogens (primary N) is 2. The van der Waals surface area contributed by atoms with Crippen LogP contribution in [0.3, 0.4) is 0 Å². The van der Waals surface area contributed by atoms with Crippen molar-refractivity contribution in [1.82, 2.24) is 15.2 Å². The number of amides is 1. The van der Waals surface area contributed by atoms with Crippen molar-refractivity contribution in [2.24, 2.45) is 11.6 Å². The summed E-state index contributed by atoms with van der Waals surface area (Å²) >= 11 is 0. The fraction of sp³-hybridized carbons (Fsp3) is 0.800. The van der Waals surface area contributed by atoms with Gasteiger partial charge >= 0.3 is 6.09 Å². The topological polar surface area (TPSA) is 96.8 Å². The standard InChI is InChI=1S/C15H29N5O2/c1-15(2,3)22-14(21)20-9-12(18-11-4-5-11)8-13(20)10-19(17)7-6-16/h6-7,11-13,18H,4-5,8-10,16-17H2,1-3H3/b7-6-/t12-,13+/m1/s1. The molecule has 126 valence electrons. The fourth-order valence-electron chi connectivity index (χ4n) is 2.75. The van der Waals surface area contributed by atoms with Crippen molar-refractivity contribution in [3.63, 3.8) is 0 Å². The highest BCUT2D eigenvalue weighted by atomic mass is 16.6. The molecule has 0 unspecified atom stereocenters. The molecule has 2 fully saturated rings. The third kappa shape index (κ3) is 5.06. The van der Waals surface area contributed by atoms with Gasteiger partial charge in [0.05, 0.1) is 12.6 Å². The van der Waals surface area contributed by atoms with Crippen LogP contribution >= 0.6 is 0 Å². The van der Waals surface area contributed by atoms with Crippen LogP contribution in [0.5, 0.6) is 0 Å². The molecule has 1 aliphatic carbocycles. The maximum Gasteiger partial charge on any atom is 0.410 e. The van der Waals surface area contributed by atoms with Gasteiger partial charge in [0.2, 0.25) is 0 Å². The highest BCUT2D eigenvalue weighted by molar-refractivity contribution is 5.69. The number of likely N-dealkylation sites (tertiary alicyclic amines) is 1. The van der Waals surface area contributed by atoms with Crippen LogP contribution in [-0.4, -0.2) is 52.8 Å². The molecule has 0 radical (unpaired) electrons. The van der Waals surface area contributed by atoms with Gasteiger partial charge in [-0.05, 0) is 40.0 Å². The molecule has 0 bridgehead atoms. The monoisotopic (exact) mass is 311 g/mol. The number of rotatable bonds is 5. The first-order valence-electron chi connectivity index (χ1n) is 7.94. The first-order chi connectivity index (χ1) is 10.3. The molecule has 1 saturated heterocycles. The number of carbonyl (C=O) groups excluding carboxylic acids is 1. The van der Waals surface area contributed by atoms with E-state index < -0.39 is 5.60 Å². The largest absolute Gasteiger partial charge is 0.444 e. The van der Waals surface area contributed by atoms with Crippen LogP contribution in [0, 0.1) is 0 Å². The molecule has 0 aromatic heterocycles. The summed E-state index contributed by atoms with van der Waals surface area (Å²) in [5, 5.41) is 5.10. The van der Waals surface area contributed by atoms with Gasteiger partial charge in [0.1, 0.15) is 5.60 Å². The van der Waals surface area contributed by atoms with Gasteiger partial charge in [-0.15, -0.1) is 0 Å². The zero-order chi connectivity index (χ0) is 16.3.